The van der Waals surface area contributed by atoms with Crippen molar-refractivity contribution in [1.82, 2.24) is 0 Å². The number of phosphoric acid groups is 2. The standard InChI is InChI=1S/C85H146O16P2/c1-4-7-10-13-16-19-22-25-27-29-31-33-35-37-38-39-40-42-44-45-47-49-51-54-56-59-62-65-68-71-83(88)95-74-80(86)75-97-102(91,92)98-76-81(87)77-99-103(93,94)100-79-82(101-85(90)73-70-67-64-61-58-53-24-21-18-15-12-9-6-3)78-96-84(89)72-69-66-63-60-57-55-52-50-48-46-43-41-36-34-32-30-28-26-23-20-17-14-11-8-5-2/h8,11,16-17,19-21,24-28,31-34,37-38,41,43,48,50,80-82,86-87H,4-7,9-10,12-15,18,22-23,29-30,35-36,39-40,42,44-47,49,51-79H2,1-3H3,(H,91,92)(H,93,94)/b11-8-,19-16-,20-17-,24-21-,27-25-,28-26-,33-31-,34-32-,38-37-,43-41-,50-48-. The van der Waals surface area contributed by atoms with Crippen molar-refractivity contribution in [3.05, 3.63) is 134 Å². The monoisotopic (exact) mass is 1490 g/mol. The number of ether oxygens (including phenoxy) is 3. The van der Waals surface area contributed by atoms with Crippen LogP contribution < -0.4 is 0 Å². The van der Waals surface area contributed by atoms with E-state index in [1.807, 2.05) is 0 Å². The third-order valence-electron chi connectivity index (χ3n) is 16.8. The first kappa shape index (κ1) is 98.7. The highest BCUT2D eigenvalue weighted by Crippen LogP contribution is 2.45. The van der Waals surface area contributed by atoms with Gasteiger partial charge in [0.15, 0.2) is 6.10 Å². The van der Waals surface area contributed by atoms with Crippen LogP contribution in [-0.2, 0) is 55.8 Å². The molecule has 0 spiro atoms. The molecule has 0 saturated heterocycles. The number of phosphoric ester groups is 2. The van der Waals surface area contributed by atoms with E-state index in [-0.39, 0.29) is 19.3 Å². The summed E-state index contributed by atoms with van der Waals surface area (Å²) < 4.78 is 61.1. The fraction of sp³-hybridized carbons (Fsp3) is 0.706. The molecule has 103 heavy (non-hydrogen) atoms. The summed E-state index contributed by atoms with van der Waals surface area (Å²) >= 11 is 0. The highest BCUT2D eigenvalue weighted by Gasteiger charge is 2.29. The Morgan fingerprint density at radius 2 is 0.515 bits per heavy atom. The van der Waals surface area contributed by atoms with E-state index in [1.54, 1.807) is 0 Å². The number of unbranched alkanes of at least 4 members (excludes halogenated alkanes) is 31. The molecule has 5 unspecified atom stereocenters. The molecule has 0 rings (SSSR count). The molecule has 0 heterocycles. The van der Waals surface area contributed by atoms with Gasteiger partial charge in [-0.05, 0) is 141 Å². The van der Waals surface area contributed by atoms with Gasteiger partial charge in [0.2, 0.25) is 0 Å². The lowest BCUT2D eigenvalue weighted by atomic mass is 10.0. The van der Waals surface area contributed by atoms with Crippen molar-refractivity contribution in [3.8, 4) is 0 Å². The average molecular weight is 1490 g/mol. The maximum Gasteiger partial charge on any atom is 0.472 e. The molecule has 0 aliphatic heterocycles. The van der Waals surface area contributed by atoms with E-state index < -0.39 is 91.5 Å². The van der Waals surface area contributed by atoms with Crippen LogP contribution in [0.15, 0.2) is 134 Å². The van der Waals surface area contributed by atoms with Crippen molar-refractivity contribution >= 4 is 33.6 Å². The maximum atomic E-state index is 13.0. The molecule has 0 aromatic carbocycles. The number of esters is 3. The van der Waals surface area contributed by atoms with Gasteiger partial charge in [-0.1, -0.05) is 302 Å². The molecule has 0 amide bonds. The third-order valence-corrected chi connectivity index (χ3v) is 18.7. The van der Waals surface area contributed by atoms with Crippen LogP contribution in [0.5, 0.6) is 0 Å². The van der Waals surface area contributed by atoms with Crippen molar-refractivity contribution < 1.29 is 75.8 Å². The lowest BCUT2D eigenvalue weighted by Gasteiger charge is -2.21. The molecule has 5 atom stereocenters. The maximum absolute atomic E-state index is 13.0. The predicted molar refractivity (Wildman–Crippen MR) is 426 cm³/mol. The van der Waals surface area contributed by atoms with Gasteiger partial charge in [-0.25, -0.2) is 9.13 Å². The van der Waals surface area contributed by atoms with Gasteiger partial charge in [0.1, 0.15) is 25.4 Å². The van der Waals surface area contributed by atoms with Crippen molar-refractivity contribution in [2.75, 3.05) is 39.6 Å². The quantitative estimate of drug-likeness (QED) is 0.0146. The lowest BCUT2D eigenvalue weighted by Crippen LogP contribution is -2.30. The molecule has 0 radical (unpaired) electrons. The van der Waals surface area contributed by atoms with Crippen LogP contribution in [0.25, 0.3) is 0 Å². The summed E-state index contributed by atoms with van der Waals surface area (Å²) in [5.74, 6) is -1.60. The summed E-state index contributed by atoms with van der Waals surface area (Å²) in [6.07, 6.45) is 93.6. The molecule has 18 heteroatoms. The minimum absolute atomic E-state index is 0.0883. The summed E-state index contributed by atoms with van der Waals surface area (Å²) in [7, 11) is -9.80. The highest BCUT2D eigenvalue weighted by molar-refractivity contribution is 7.47. The van der Waals surface area contributed by atoms with Crippen molar-refractivity contribution in [3.63, 3.8) is 0 Å². The smallest absolute Gasteiger partial charge is 0.463 e. The van der Waals surface area contributed by atoms with E-state index in [2.05, 4.69) is 154 Å². The summed E-state index contributed by atoms with van der Waals surface area (Å²) in [6, 6.07) is 0. The molecule has 0 bridgehead atoms. The summed E-state index contributed by atoms with van der Waals surface area (Å²) in [4.78, 5) is 58.6. The molecular weight excluding hydrogens is 1340 g/mol. The Morgan fingerprint density at radius 3 is 0.845 bits per heavy atom. The Morgan fingerprint density at radius 1 is 0.282 bits per heavy atom. The van der Waals surface area contributed by atoms with Crippen LogP contribution in [0.3, 0.4) is 0 Å². The second-order valence-electron chi connectivity index (χ2n) is 26.8. The number of hydrogen-bond acceptors (Lipinski definition) is 14. The Balaban J connectivity index is 4.52. The van der Waals surface area contributed by atoms with Crippen LogP contribution in [0.1, 0.15) is 329 Å². The number of carbonyl (C=O) groups is 3. The number of aliphatic hydroxyl groups is 2. The number of rotatable bonds is 76. The van der Waals surface area contributed by atoms with Gasteiger partial charge in [0.25, 0.3) is 0 Å². The molecule has 16 nitrogen and oxygen atoms in total. The van der Waals surface area contributed by atoms with Gasteiger partial charge in [0, 0.05) is 19.3 Å². The number of allylic oxidation sites excluding steroid dienone is 22. The molecule has 0 aliphatic carbocycles. The van der Waals surface area contributed by atoms with Crippen LogP contribution in [0.2, 0.25) is 0 Å². The number of aliphatic hydroxyl groups excluding tert-OH is 2. The number of carbonyl (C=O) groups excluding carboxylic acids is 3. The molecule has 4 N–H and O–H groups in total. The van der Waals surface area contributed by atoms with E-state index >= 15 is 0 Å². The van der Waals surface area contributed by atoms with Crippen molar-refractivity contribution in [2.45, 2.75) is 347 Å². The zero-order valence-electron chi connectivity index (χ0n) is 64.7. The Labute approximate surface area is 626 Å². The lowest BCUT2D eigenvalue weighted by molar-refractivity contribution is -0.161. The average Bonchev–Trinajstić information content (AvgIpc) is 1.11. The van der Waals surface area contributed by atoms with Crippen LogP contribution in [-0.4, -0.2) is 95.9 Å². The molecule has 0 aromatic heterocycles. The largest absolute Gasteiger partial charge is 0.472 e. The zero-order chi connectivity index (χ0) is 75.2. The second kappa shape index (κ2) is 77.3. The molecule has 0 aromatic rings. The molecular formula is C85H146O16P2. The van der Waals surface area contributed by atoms with Gasteiger partial charge >= 0.3 is 33.6 Å². The van der Waals surface area contributed by atoms with E-state index in [0.717, 1.165) is 161 Å². The zero-order valence-corrected chi connectivity index (χ0v) is 66.5. The predicted octanol–water partition coefficient (Wildman–Crippen LogP) is 23.9. The third kappa shape index (κ3) is 78.6. The normalized spacial score (nSPS) is 14.7. The van der Waals surface area contributed by atoms with Gasteiger partial charge in [-0.2, -0.15) is 0 Å². The first-order valence-corrected chi connectivity index (χ1v) is 43.5. The fourth-order valence-electron chi connectivity index (χ4n) is 10.7. The van der Waals surface area contributed by atoms with Crippen LogP contribution in [0.4, 0.5) is 0 Å². The molecule has 0 saturated carbocycles. The first-order chi connectivity index (χ1) is 50.2. The van der Waals surface area contributed by atoms with Crippen LogP contribution in [0, 0.1) is 0 Å². The van der Waals surface area contributed by atoms with E-state index in [0.29, 0.717) is 19.3 Å². The SMILES string of the molecule is CC/C=C\C/C=C\C/C=C\C/C=C\C/C=C\C/C=C\CCCCCCCCC(=O)OCC(COP(=O)(O)OCC(O)COP(=O)(O)OCC(O)COC(=O)CCCCCCCCCCCCCCC/C=C\C/C=C\C/C=C\C/C=C\CCCCC)OC(=O)CCCCCCC/C=C\CCCCCC. The van der Waals surface area contributed by atoms with E-state index in [1.165, 1.54) is 109 Å². The fourth-order valence-corrected chi connectivity index (χ4v) is 12.3. The Hall–Kier alpha value is -4.31. The van der Waals surface area contributed by atoms with E-state index in [9.17, 15) is 43.5 Å². The van der Waals surface area contributed by atoms with Gasteiger partial charge in [0.05, 0.1) is 26.4 Å². The number of hydrogen-bond donors (Lipinski definition) is 4. The Kier molecular flexibility index (Phi) is 74.1. The van der Waals surface area contributed by atoms with Gasteiger partial charge in [-0.15, -0.1) is 0 Å². The topological polar surface area (TPSA) is 231 Å². The minimum atomic E-state index is -4.94. The summed E-state index contributed by atoms with van der Waals surface area (Å²) in [5.41, 5.74) is 0. The Bertz CT molecular complexity index is 2410. The van der Waals surface area contributed by atoms with Gasteiger partial charge in [-0.3, -0.25) is 32.5 Å². The van der Waals surface area contributed by atoms with E-state index in [4.69, 9.17) is 32.3 Å². The minimum Gasteiger partial charge on any atom is -0.463 e. The molecule has 0 fully saturated rings. The van der Waals surface area contributed by atoms with Crippen LogP contribution >= 0.6 is 15.6 Å². The summed E-state index contributed by atoms with van der Waals surface area (Å²) in [6.45, 7) is 2.51. The van der Waals surface area contributed by atoms with Crippen molar-refractivity contribution in [2.24, 2.45) is 0 Å². The summed E-state index contributed by atoms with van der Waals surface area (Å²) in [5, 5.41) is 20.6. The first-order valence-electron chi connectivity index (χ1n) is 40.5. The highest BCUT2D eigenvalue weighted by atomic mass is 31.2. The second-order valence-corrected chi connectivity index (χ2v) is 29.7. The molecule has 0 aliphatic rings. The van der Waals surface area contributed by atoms with Crippen molar-refractivity contribution in [1.29, 1.82) is 0 Å². The molecule has 592 valence electrons. The van der Waals surface area contributed by atoms with Gasteiger partial charge < -0.3 is 34.2 Å².